The van der Waals surface area contributed by atoms with Crippen molar-refractivity contribution in [3.05, 3.63) is 52.9 Å². The third kappa shape index (κ3) is 6.06. The summed E-state index contributed by atoms with van der Waals surface area (Å²) in [5.74, 6) is 1.18. The van der Waals surface area contributed by atoms with Gasteiger partial charge in [0.15, 0.2) is 12.1 Å². The van der Waals surface area contributed by atoms with E-state index in [0.29, 0.717) is 24.0 Å². The minimum absolute atomic E-state index is 0.00240. The van der Waals surface area contributed by atoms with Gasteiger partial charge in [0.1, 0.15) is 6.61 Å². The van der Waals surface area contributed by atoms with Gasteiger partial charge in [0, 0.05) is 67.8 Å². The lowest BCUT2D eigenvalue weighted by Crippen LogP contribution is -2.38. The zero-order chi connectivity index (χ0) is 24.9. The molecule has 2 aromatic heterocycles. The van der Waals surface area contributed by atoms with Crippen molar-refractivity contribution in [1.29, 1.82) is 0 Å². The summed E-state index contributed by atoms with van der Waals surface area (Å²) >= 11 is 6.22. The molecule has 0 saturated carbocycles. The number of hydrogen-bond donors (Lipinski definition) is 1. The first-order chi connectivity index (χ1) is 17.6. The molecule has 0 radical (unpaired) electrons. The Balaban J connectivity index is 1.06. The number of aromatic nitrogens is 3. The minimum Gasteiger partial charge on any atom is -0.353 e. The van der Waals surface area contributed by atoms with Crippen LogP contribution in [0, 0.1) is 5.92 Å². The van der Waals surface area contributed by atoms with E-state index in [-0.39, 0.29) is 18.7 Å². The highest BCUT2D eigenvalue weighted by Gasteiger charge is 2.22. The van der Waals surface area contributed by atoms with Crippen molar-refractivity contribution in [2.45, 2.75) is 44.9 Å². The first-order valence-corrected chi connectivity index (χ1v) is 13.2. The Labute approximate surface area is 216 Å². The molecule has 0 amide bonds. The maximum atomic E-state index is 12.4. The van der Waals surface area contributed by atoms with Gasteiger partial charge in [-0.3, -0.25) is 4.79 Å². The molecule has 8 nitrogen and oxygen atoms in total. The van der Waals surface area contributed by atoms with Gasteiger partial charge in [-0.25, -0.2) is 9.97 Å². The summed E-state index contributed by atoms with van der Waals surface area (Å²) in [4.78, 5) is 23.5. The summed E-state index contributed by atoms with van der Waals surface area (Å²) in [6, 6.07) is 6.05. The highest BCUT2D eigenvalue weighted by Crippen LogP contribution is 2.25. The van der Waals surface area contributed by atoms with Gasteiger partial charge in [-0.15, -0.1) is 0 Å². The molecule has 0 aliphatic carbocycles. The van der Waals surface area contributed by atoms with Crippen LogP contribution >= 0.6 is 11.6 Å². The molecular weight excluding hydrogens is 478 g/mol. The van der Waals surface area contributed by atoms with Crippen molar-refractivity contribution in [3.8, 4) is 0 Å². The monoisotopic (exact) mass is 511 g/mol. The van der Waals surface area contributed by atoms with Crippen LogP contribution in [0.3, 0.4) is 0 Å². The van der Waals surface area contributed by atoms with Crippen LogP contribution in [0.25, 0.3) is 10.9 Å². The van der Waals surface area contributed by atoms with Crippen molar-refractivity contribution in [2.75, 3.05) is 37.7 Å². The van der Waals surface area contributed by atoms with Crippen molar-refractivity contribution in [1.82, 2.24) is 19.9 Å². The highest BCUT2D eigenvalue weighted by molar-refractivity contribution is 6.31. The number of rotatable bonds is 9. The van der Waals surface area contributed by atoms with Crippen LogP contribution in [0.1, 0.15) is 48.0 Å². The highest BCUT2D eigenvalue weighted by atomic mass is 35.5. The average molecular weight is 512 g/mol. The fourth-order valence-electron chi connectivity index (χ4n) is 5.06. The van der Waals surface area contributed by atoms with Crippen LogP contribution in [-0.2, 0) is 23.1 Å². The number of piperidine rings is 1. The lowest BCUT2D eigenvalue weighted by Gasteiger charge is -2.32. The van der Waals surface area contributed by atoms with Gasteiger partial charge in [0.05, 0.1) is 5.56 Å². The molecule has 5 rings (SSSR count). The molecule has 2 aliphatic heterocycles. The lowest BCUT2D eigenvalue weighted by molar-refractivity contribution is -0.155. The second-order valence-corrected chi connectivity index (χ2v) is 10.2. The number of ketones is 1. The molecule has 1 N–H and O–H groups in total. The third-order valence-corrected chi connectivity index (χ3v) is 7.41. The molecule has 0 bridgehead atoms. The Morgan fingerprint density at radius 3 is 2.75 bits per heavy atom. The quantitative estimate of drug-likeness (QED) is 0.427. The van der Waals surface area contributed by atoms with E-state index in [1.54, 1.807) is 12.4 Å². The van der Waals surface area contributed by atoms with E-state index in [2.05, 4.69) is 44.1 Å². The number of fused-ring (bicyclic) bond motifs is 1. The van der Waals surface area contributed by atoms with E-state index < -0.39 is 0 Å². The molecule has 2 saturated heterocycles. The summed E-state index contributed by atoms with van der Waals surface area (Å²) < 4.78 is 13.3. The summed E-state index contributed by atoms with van der Waals surface area (Å²) in [6.07, 6.45) is 10.2. The Hall–Kier alpha value is -2.52. The van der Waals surface area contributed by atoms with Crippen LogP contribution in [0.5, 0.6) is 0 Å². The van der Waals surface area contributed by atoms with E-state index in [4.69, 9.17) is 21.1 Å². The molecule has 192 valence electrons. The van der Waals surface area contributed by atoms with Gasteiger partial charge >= 0.3 is 0 Å². The fraction of sp³-hybridized carbons (Fsp3) is 0.519. The zero-order valence-electron chi connectivity index (χ0n) is 20.8. The number of Topliss-reactive ketones (excluding diaryl/α,β-unsaturated/α-hetero) is 1. The second-order valence-electron chi connectivity index (χ2n) is 9.79. The number of anilines is 1. The van der Waals surface area contributed by atoms with Crippen LogP contribution < -0.4 is 10.2 Å². The Morgan fingerprint density at radius 2 is 2.00 bits per heavy atom. The van der Waals surface area contributed by atoms with Crippen molar-refractivity contribution < 1.29 is 14.3 Å². The molecule has 9 heteroatoms. The topological polar surface area (TPSA) is 81.5 Å². The summed E-state index contributed by atoms with van der Waals surface area (Å²) in [6.45, 7) is 4.31. The molecule has 2 fully saturated rings. The van der Waals surface area contributed by atoms with E-state index in [1.165, 1.54) is 16.5 Å². The second kappa shape index (κ2) is 11.7. The number of carbonyl (C=O) groups is 1. The van der Waals surface area contributed by atoms with Gasteiger partial charge in [0.2, 0.25) is 5.95 Å². The smallest absolute Gasteiger partial charge is 0.225 e. The Kier molecular flexibility index (Phi) is 8.16. The molecule has 2 aliphatic rings. The Bertz CT molecular complexity index is 1170. The molecule has 36 heavy (non-hydrogen) atoms. The van der Waals surface area contributed by atoms with E-state index >= 15 is 0 Å². The molecule has 1 unspecified atom stereocenters. The first-order valence-electron chi connectivity index (χ1n) is 12.8. The molecular formula is C27H34ClN5O3. The summed E-state index contributed by atoms with van der Waals surface area (Å²) in [5, 5.41) is 5.62. The zero-order valence-corrected chi connectivity index (χ0v) is 21.5. The van der Waals surface area contributed by atoms with Crippen molar-refractivity contribution in [3.63, 3.8) is 0 Å². The number of carbonyl (C=O) groups excluding carboxylic acids is 1. The number of aryl methyl sites for hydroxylation is 1. The molecule has 3 aromatic rings. The first kappa shape index (κ1) is 25.1. The van der Waals surface area contributed by atoms with Gasteiger partial charge in [0.25, 0.3) is 0 Å². The standard InChI is InChI=1S/C27H34ClN5O3/c1-32-17-21(23-12-22(28)5-6-24(23)32)14-29-13-19-7-9-33(10-8-19)27-30-15-20(16-31-27)25(34)18-36-26-4-2-3-11-35-26/h5-6,12,15-17,19,26,29H,2-4,7-11,13-14,18H2,1H3. The minimum atomic E-state index is -0.274. The molecule has 1 aromatic carbocycles. The molecule has 4 heterocycles. The van der Waals surface area contributed by atoms with E-state index in [1.807, 2.05) is 12.1 Å². The van der Waals surface area contributed by atoms with E-state index in [0.717, 1.165) is 63.3 Å². The number of halogens is 1. The summed E-state index contributed by atoms with van der Waals surface area (Å²) in [5.41, 5.74) is 2.94. The van der Waals surface area contributed by atoms with Crippen molar-refractivity contribution >= 4 is 34.2 Å². The maximum Gasteiger partial charge on any atom is 0.225 e. The maximum absolute atomic E-state index is 12.4. The number of hydrogen-bond acceptors (Lipinski definition) is 7. The van der Waals surface area contributed by atoms with E-state index in [9.17, 15) is 4.79 Å². The third-order valence-electron chi connectivity index (χ3n) is 7.18. The van der Waals surface area contributed by atoms with Crippen LogP contribution in [0.4, 0.5) is 5.95 Å². The van der Waals surface area contributed by atoms with Crippen molar-refractivity contribution in [2.24, 2.45) is 13.0 Å². The number of benzene rings is 1. The normalized spacial score (nSPS) is 19.2. The number of nitrogens with one attached hydrogen (secondary N) is 1. The van der Waals surface area contributed by atoms with Gasteiger partial charge < -0.3 is 24.3 Å². The predicted molar refractivity (Wildman–Crippen MR) is 140 cm³/mol. The van der Waals surface area contributed by atoms with Gasteiger partial charge in [-0.1, -0.05) is 11.6 Å². The van der Waals surface area contributed by atoms with Gasteiger partial charge in [-0.05, 0) is 68.3 Å². The number of nitrogens with zero attached hydrogens (tertiary/aromatic N) is 4. The predicted octanol–water partition coefficient (Wildman–Crippen LogP) is 4.35. The Morgan fingerprint density at radius 1 is 1.19 bits per heavy atom. The van der Waals surface area contributed by atoms with Crippen LogP contribution in [-0.4, -0.2) is 59.5 Å². The lowest BCUT2D eigenvalue weighted by atomic mass is 9.97. The SMILES string of the molecule is Cn1cc(CNCC2CCN(c3ncc(C(=O)COC4CCCCO4)cn3)CC2)c2cc(Cl)ccc21. The summed E-state index contributed by atoms with van der Waals surface area (Å²) in [7, 11) is 2.07. The largest absolute Gasteiger partial charge is 0.353 e. The van der Waals surface area contributed by atoms with Crippen LogP contribution in [0.15, 0.2) is 36.8 Å². The molecule has 0 spiro atoms. The number of ether oxygens (including phenoxy) is 2. The molecule has 1 atom stereocenters. The fourth-order valence-corrected chi connectivity index (χ4v) is 5.23. The average Bonchev–Trinajstić information content (AvgIpc) is 3.22. The van der Waals surface area contributed by atoms with Crippen LogP contribution in [0.2, 0.25) is 5.02 Å². The van der Waals surface area contributed by atoms with Gasteiger partial charge in [-0.2, -0.15) is 0 Å².